The fourth-order valence-corrected chi connectivity index (χ4v) is 3.73. The van der Waals surface area contributed by atoms with Crippen LogP contribution in [0.15, 0.2) is 0 Å². The van der Waals surface area contributed by atoms with Crippen LogP contribution in [0, 0.1) is 17.8 Å². The van der Waals surface area contributed by atoms with Crippen molar-refractivity contribution in [3.05, 3.63) is 0 Å². The van der Waals surface area contributed by atoms with Crippen LogP contribution in [-0.2, 0) is 0 Å². The van der Waals surface area contributed by atoms with Gasteiger partial charge in [0.05, 0.1) is 0 Å². The fourth-order valence-electron chi connectivity index (χ4n) is 3.73. The summed E-state index contributed by atoms with van der Waals surface area (Å²) >= 11 is 0. The Kier molecular flexibility index (Phi) is 2.64. The summed E-state index contributed by atoms with van der Waals surface area (Å²) in [6.07, 6.45) is 5.84. The van der Waals surface area contributed by atoms with Gasteiger partial charge in [0.2, 0.25) is 0 Å². The van der Waals surface area contributed by atoms with Crippen molar-refractivity contribution in [1.29, 1.82) is 0 Å². The third-order valence-corrected chi connectivity index (χ3v) is 4.35. The lowest BCUT2D eigenvalue weighted by molar-refractivity contribution is 0.113. The van der Waals surface area contributed by atoms with Crippen molar-refractivity contribution in [2.45, 2.75) is 45.6 Å². The number of rotatable bonds is 1. The van der Waals surface area contributed by atoms with Gasteiger partial charge in [0.15, 0.2) is 0 Å². The van der Waals surface area contributed by atoms with Crippen molar-refractivity contribution in [2.24, 2.45) is 17.8 Å². The van der Waals surface area contributed by atoms with Gasteiger partial charge >= 0.3 is 0 Å². The van der Waals surface area contributed by atoms with Crippen LogP contribution >= 0.6 is 0 Å². The first kappa shape index (κ1) is 9.51. The first-order chi connectivity index (χ1) is 6.22. The predicted octanol–water partition coefficient (Wildman–Crippen LogP) is 2.76. The van der Waals surface area contributed by atoms with Crippen LogP contribution in [-0.4, -0.2) is 24.5 Å². The third-order valence-electron chi connectivity index (χ3n) is 4.35. The average Bonchev–Trinajstić information content (AvgIpc) is 2.48. The summed E-state index contributed by atoms with van der Waals surface area (Å²) in [5.41, 5.74) is 0. The molecule has 1 heterocycles. The molecule has 1 heteroatoms. The van der Waals surface area contributed by atoms with Crippen LogP contribution in [0.4, 0.5) is 0 Å². The summed E-state index contributed by atoms with van der Waals surface area (Å²) in [7, 11) is 2.31. The minimum atomic E-state index is 0.919. The molecule has 2 rings (SSSR count). The van der Waals surface area contributed by atoms with E-state index in [1.807, 2.05) is 0 Å². The Balaban J connectivity index is 2.04. The number of hydrogen-bond donors (Lipinski definition) is 0. The van der Waals surface area contributed by atoms with Gasteiger partial charge in [0.1, 0.15) is 0 Å². The Bertz CT molecular complexity index is 178. The Hall–Kier alpha value is -0.0400. The highest BCUT2D eigenvalue weighted by Gasteiger charge is 2.40. The van der Waals surface area contributed by atoms with Gasteiger partial charge in [0, 0.05) is 6.04 Å². The molecule has 1 nitrogen and oxygen atoms in total. The maximum atomic E-state index is 2.60. The van der Waals surface area contributed by atoms with Gasteiger partial charge in [0.25, 0.3) is 0 Å². The zero-order chi connectivity index (χ0) is 9.42. The van der Waals surface area contributed by atoms with Crippen molar-refractivity contribution in [2.75, 3.05) is 13.6 Å². The monoisotopic (exact) mass is 181 g/mol. The molecule has 0 bridgehead atoms. The van der Waals surface area contributed by atoms with E-state index in [-0.39, 0.29) is 0 Å². The molecular weight excluding hydrogens is 158 g/mol. The molecule has 13 heavy (non-hydrogen) atoms. The molecule has 1 aliphatic carbocycles. The van der Waals surface area contributed by atoms with E-state index in [0.29, 0.717) is 0 Å². The minimum Gasteiger partial charge on any atom is -0.303 e. The maximum Gasteiger partial charge on any atom is 0.0147 e. The number of hydrogen-bond acceptors (Lipinski definition) is 1. The fraction of sp³-hybridized carbons (Fsp3) is 1.00. The lowest BCUT2D eigenvalue weighted by Crippen LogP contribution is -2.40. The Morgan fingerprint density at radius 1 is 1.31 bits per heavy atom. The summed E-state index contributed by atoms with van der Waals surface area (Å²) in [4.78, 5) is 2.60. The molecule has 0 aromatic carbocycles. The molecule has 0 amide bonds. The standard InChI is InChI=1S/C12H23N/c1-4-10-7-9(2)12-11(8-10)5-6-13(12)3/h9-12H,4-8H2,1-3H3. The largest absolute Gasteiger partial charge is 0.303 e. The van der Waals surface area contributed by atoms with E-state index in [4.69, 9.17) is 0 Å². The van der Waals surface area contributed by atoms with Crippen LogP contribution in [0.2, 0.25) is 0 Å². The van der Waals surface area contributed by atoms with Crippen molar-refractivity contribution in [3.63, 3.8) is 0 Å². The minimum absolute atomic E-state index is 0.919. The van der Waals surface area contributed by atoms with Crippen LogP contribution in [0.5, 0.6) is 0 Å². The molecule has 76 valence electrons. The van der Waals surface area contributed by atoms with E-state index >= 15 is 0 Å². The van der Waals surface area contributed by atoms with Crippen molar-refractivity contribution < 1.29 is 0 Å². The van der Waals surface area contributed by atoms with Gasteiger partial charge in [-0.2, -0.15) is 0 Å². The molecule has 0 aromatic rings. The van der Waals surface area contributed by atoms with E-state index in [1.165, 1.54) is 32.2 Å². The number of fused-ring (bicyclic) bond motifs is 1. The van der Waals surface area contributed by atoms with Crippen molar-refractivity contribution in [3.8, 4) is 0 Å². The normalized spacial score (nSPS) is 46.4. The second-order valence-electron chi connectivity index (χ2n) is 5.24. The molecule has 1 saturated carbocycles. The van der Waals surface area contributed by atoms with Gasteiger partial charge < -0.3 is 4.90 Å². The average molecular weight is 181 g/mol. The molecule has 2 fully saturated rings. The molecule has 0 spiro atoms. The topological polar surface area (TPSA) is 3.24 Å². The van der Waals surface area contributed by atoms with Gasteiger partial charge in [-0.3, -0.25) is 0 Å². The third kappa shape index (κ3) is 1.63. The van der Waals surface area contributed by atoms with Crippen LogP contribution < -0.4 is 0 Å². The summed E-state index contributed by atoms with van der Waals surface area (Å²) in [5.74, 6) is 3.00. The van der Waals surface area contributed by atoms with Gasteiger partial charge in [-0.05, 0) is 50.6 Å². The zero-order valence-electron chi connectivity index (χ0n) is 9.29. The van der Waals surface area contributed by atoms with Gasteiger partial charge in [-0.15, -0.1) is 0 Å². The Morgan fingerprint density at radius 2 is 2.08 bits per heavy atom. The summed E-state index contributed by atoms with van der Waals surface area (Å²) in [5, 5.41) is 0. The molecule has 4 unspecified atom stereocenters. The molecule has 0 aromatic heterocycles. The number of nitrogens with zero attached hydrogens (tertiary/aromatic N) is 1. The highest BCUT2D eigenvalue weighted by Crippen LogP contribution is 2.42. The molecular formula is C12H23N. The molecule has 1 aliphatic heterocycles. The predicted molar refractivity (Wildman–Crippen MR) is 56.7 cm³/mol. The maximum absolute atomic E-state index is 2.60. The van der Waals surface area contributed by atoms with E-state index in [2.05, 4.69) is 25.8 Å². The second kappa shape index (κ2) is 3.61. The summed E-state index contributed by atoms with van der Waals surface area (Å²) in [6.45, 7) is 6.16. The summed E-state index contributed by atoms with van der Waals surface area (Å²) < 4.78 is 0. The Morgan fingerprint density at radius 3 is 2.77 bits per heavy atom. The van der Waals surface area contributed by atoms with Crippen molar-refractivity contribution >= 4 is 0 Å². The first-order valence-electron chi connectivity index (χ1n) is 5.92. The van der Waals surface area contributed by atoms with E-state index in [1.54, 1.807) is 0 Å². The molecule has 1 saturated heterocycles. The highest BCUT2D eigenvalue weighted by molar-refractivity contribution is 4.93. The second-order valence-corrected chi connectivity index (χ2v) is 5.24. The van der Waals surface area contributed by atoms with E-state index in [0.717, 1.165) is 23.8 Å². The number of likely N-dealkylation sites (tertiary alicyclic amines) is 1. The lowest BCUT2D eigenvalue weighted by Gasteiger charge is -2.39. The highest BCUT2D eigenvalue weighted by atomic mass is 15.2. The van der Waals surface area contributed by atoms with Crippen LogP contribution in [0.25, 0.3) is 0 Å². The van der Waals surface area contributed by atoms with E-state index < -0.39 is 0 Å². The molecule has 2 aliphatic rings. The molecule has 0 radical (unpaired) electrons. The Labute approximate surface area is 82.5 Å². The molecule has 0 N–H and O–H groups in total. The quantitative estimate of drug-likeness (QED) is 0.601. The zero-order valence-corrected chi connectivity index (χ0v) is 9.29. The SMILES string of the molecule is CCC1CC(C)C2C(CCN2C)C1. The van der Waals surface area contributed by atoms with Crippen LogP contribution in [0.3, 0.4) is 0 Å². The smallest absolute Gasteiger partial charge is 0.0147 e. The lowest BCUT2D eigenvalue weighted by atomic mass is 9.72. The van der Waals surface area contributed by atoms with Crippen molar-refractivity contribution in [1.82, 2.24) is 4.90 Å². The summed E-state index contributed by atoms with van der Waals surface area (Å²) in [6, 6.07) is 0.919. The van der Waals surface area contributed by atoms with Gasteiger partial charge in [-0.25, -0.2) is 0 Å². The van der Waals surface area contributed by atoms with Gasteiger partial charge in [-0.1, -0.05) is 20.3 Å². The molecule has 4 atom stereocenters. The first-order valence-corrected chi connectivity index (χ1v) is 5.92. The van der Waals surface area contributed by atoms with E-state index in [9.17, 15) is 0 Å². The van der Waals surface area contributed by atoms with Crippen LogP contribution in [0.1, 0.15) is 39.5 Å².